The van der Waals surface area contributed by atoms with Gasteiger partial charge in [0.2, 0.25) is 5.88 Å². The molecule has 1 unspecified atom stereocenters. The number of hydrogen-bond donors (Lipinski definition) is 2. The molecular weight excluding hydrogens is 274 g/mol. The van der Waals surface area contributed by atoms with Gasteiger partial charge in [0.05, 0.1) is 11.6 Å². The lowest BCUT2D eigenvalue weighted by atomic mass is 10.00. The van der Waals surface area contributed by atoms with Crippen molar-refractivity contribution in [2.45, 2.75) is 37.6 Å². The van der Waals surface area contributed by atoms with E-state index in [1.165, 1.54) is 0 Å². The van der Waals surface area contributed by atoms with E-state index in [0.29, 0.717) is 11.4 Å². The molecule has 0 radical (unpaired) electrons. The number of thioether (sulfide) groups is 1. The summed E-state index contributed by atoms with van der Waals surface area (Å²) in [5.41, 5.74) is 0.348. The minimum Gasteiger partial charge on any atom is -0.493 e. The molecule has 20 heavy (non-hydrogen) atoms. The molecule has 0 aromatic carbocycles. The van der Waals surface area contributed by atoms with E-state index in [9.17, 15) is 9.90 Å². The molecule has 0 amide bonds. The Morgan fingerprint density at radius 1 is 1.40 bits per heavy atom. The van der Waals surface area contributed by atoms with Crippen molar-refractivity contribution in [1.82, 2.24) is 14.9 Å². The molecule has 110 valence electrons. The Morgan fingerprint density at radius 2 is 2.15 bits per heavy atom. The molecule has 1 aliphatic heterocycles. The van der Waals surface area contributed by atoms with Gasteiger partial charge in [-0.05, 0) is 25.8 Å². The number of nitrogens with one attached hydrogen (secondary N) is 1. The van der Waals surface area contributed by atoms with Gasteiger partial charge in [-0.1, -0.05) is 12.8 Å². The van der Waals surface area contributed by atoms with Crippen molar-refractivity contribution in [2.75, 3.05) is 25.1 Å². The van der Waals surface area contributed by atoms with Crippen LogP contribution in [0, 0.1) is 0 Å². The summed E-state index contributed by atoms with van der Waals surface area (Å²) in [6.45, 7) is 0.976. The Morgan fingerprint density at radius 3 is 2.80 bits per heavy atom. The number of aromatic hydroxyl groups is 1. The van der Waals surface area contributed by atoms with Crippen LogP contribution in [0.4, 0.5) is 0 Å². The van der Waals surface area contributed by atoms with Crippen molar-refractivity contribution in [3.8, 4) is 5.88 Å². The van der Waals surface area contributed by atoms with Gasteiger partial charge in [-0.15, -0.1) is 0 Å². The second-order valence-corrected chi connectivity index (χ2v) is 6.89. The summed E-state index contributed by atoms with van der Waals surface area (Å²) >= 11 is 1.86. The molecule has 6 heteroatoms. The zero-order chi connectivity index (χ0) is 14.1. The molecular formula is C14H21N3O2S. The quantitative estimate of drug-likeness (QED) is 0.871. The van der Waals surface area contributed by atoms with Gasteiger partial charge in [-0.25, -0.2) is 0 Å². The molecule has 1 saturated carbocycles. The summed E-state index contributed by atoms with van der Waals surface area (Å²) in [6.07, 6.45) is 4.23. The lowest BCUT2D eigenvalue weighted by Gasteiger charge is -2.31. The van der Waals surface area contributed by atoms with Crippen molar-refractivity contribution in [3.63, 3.8) is 0 Å². The highest BCUT2D eigenvalue weighted by Crippen LogP contribution is 2.36. The minimum absolute atomic E-state index is 0.0559. The van der Waals surface area contributed by atoms with E-state index in [1.54, 1.807) is 0 Å². The van der Waals surface area contributed by atoms with Crippen molar-refractivity contribution < 1.29 is 5.11 Å². The van der Waals surface area contributed by atoms with E-state index >= 15 is 0 Å². The second-order valence-electron chi connectivity index (χ2n) is 5.74. The zero-order valence-electron chi connectivity index (χ0n) is 11.8. The molecule has 1 aromatic heterocycles. The Labute approximate surface area is 122 Å². The Kier molecular flexibility index (Phi) is 4.03. The molecule has 5 nitrogen and oxygen atoms in total. The number of rotatable bonds is 2. The van der Waals surface area contributed by atoms with Crippen LogP contribution in [0.2, 0.25) is 0 Å². The highest BCUT2D eigenvalue weighted by molar-refractivity contribution is 7.99. The van der Waals surface area contributed by atoms with Crippen LogP contribution in [0.3, 0.4) is 0 Å². The summed E-state index contributed by atoms with van der Waals surface area (Å²) in [5, 5.41) is 10.2. The van der Waals surface area contributed by atoms with Crippen LogP contribution in [0.25, 0.3) is 0 Å². The normalized spacial score (nSPS) is 25.1. The van der Waals surface area contributed by atoms with Gasteiger partial charge in [-0.3, -0.25) is 9.69 Å². The summed E-state index contributed by atoms with van der Waals surface area (Å²) in [7, 11) is 2.03. The van der Waals surface area contributed by atoms with Gasteiger partial charge < -0.3 is 10.1 Å². The number of nitrogens with zero attached hydrogens (tertiary/aromatic N) is 2. The summed E-state index contributed by atoms with van der Waals surface area (Å²) < 4.78 is 0. The van der Waals surface area contributed by atoms with Gasteiger partial charge in [0.15, 0.2) is 0 Å². The molecule has 2 heterocycles. The molecule has 1 aliphatic carbocycles. The Hall–Kier alpha value is -1.01. The fourth-order valence-electron chi connectivity index (χ4n) is 3.20. The Balaban J connectivity index is 1.92. The van der Waals surface area contributed by atoms with Crippen LogP contribution in [-0.4, -0.2) is 45.1 Å². The lowest BCUT2D eigenvalue weighted by Crippen LogP contribution is -2.35. The van der Waals surface area contributed by atoms with Crippen molar-refractivity contribution in [1.29, 1.82) is 0 Å². The lowest BCUT2D eigenvalue weighted by molar-refractivity contribution is 0.261. The van der Waals surface area contributed by atoms with Gasteiger partial charge >= 0.3 is 0 Å². The van der Waals surface area contributed by atoms with Gasteiger partial charge in [0.1, 0.15) is 5.82 Å². The standard InChI is InChI=1S/C14H21N3O2S/c1-17-6-7-20-8-10(17)12-15-13(18)11(14(19)16-12)9-4-2-3-5-9/h9-10H,2-8H2,1H3,(H2,15,16,18,19). The predicted octanol–water partition coefficient (Wildman–Crippen LogP) is 1.85. The SMILES string of the molecule is CN1CCSCC1c1nc(O)c(C2CCCC2)c(=O)[nH]1. The van der Waals surface area contributed by atoms with Crippen molar-refractivity contribution >= 4 is 11.8 Å². The molecule has 2 aliphatic rings. The van der Waals surface area contributed by atoms with E-state index in [2.05, 4.69) is 14.9 Å². The monoisotopic (exact) mass is 295 g/mol. The highest BCUT2D eigenvalue weighted by Gasteiger charge is 2.28. The smallest absolute Gasteiger partial charge is 0.258 e. The molecule has 1 saturated heterocycles. The average molecular weight is 295 g/mol. The fraction of sp³-hybridized carbons (Fsp3) is 0.714. The maximum atomic E-state index is 12.3. The first-order valence-corrected chi connectivity index (χ1v) is 8.43. The second kappa shape index (κ2) is 5.77. The number of aromatic amines is 1. The third kappa shape index (κ3) is 2.59. The van der Waals surface area contributed by atoms with E-state index < -0.39 is 0 Å². The third-order valence-corrected chi connectivity index (χ3v) is 5.45. The van der Waals surface area contributed by atoms with E-state index in [1.807, 2.05) is 18.8 Å². The minimum atomic E-state index is -0.150. The first-order chi connectivity index (χ1) is 9.66. The van der Waals surface area contributed by atoms with Crippen LogP contribution >= 0.6 is 11.8 Å². The maximum Gasteiger partial charge on any atom is 0.258 e. The number of H-pyrrole nitrogens is 1. The van der Waals surface area contributed by atoms with E-state index in [4.69, 9.17) is 0 Å². The van der Waals surface area contributed by atoms with Crippen LogP contribution in [0.5, 0.6) is 5.88 Å². The van der Waals surface area contributed by atoms with Gasteiger partial charge in [0, 0.05) is 18.1 Å². The van der Waals surface area contributed by atoms with Gasteiger partial charge in [-0.2, -0.15) is 16.7 Å². The highest BCUT2D eigenvalue weighted by atomic mass is 32.2. The molecule has 3 rings (SSSR count). The number of aromatic nitrogens is 2. The Bertz CT molecular complexity index is 540. The van der Waals surface area contributed by atoms with Crippen molar-refractivity contribution in [2.24, 2.45) is 0 Å². The van der Waals surface area contributed by atoms with Gasteiger partial charge in [0.25, 0.3) is 5.56 Å². The maximum absolute atomic E-state index is 12.3. The zero-order valence-corrected chi connectivity index (χ0v) is 12.6. The topological polar surface area (TPSA) is 69.2 Å². The predicted molar refractivity (Wildman–Crippen MR) is 80.4 cm³/mol. The molecule has 2 N–H and O–H groups in total. The third-order valence-electron chi connectivity index (χ3n) is 4.43. The fourth-order valence-corrected chi connectivity index (χ4v) is 4.42. The first kappa shape index (κ1) is 13.9. The van der Waals surface area contributed by atoms with Crippen LogP contribution in [0.15, 0.2) is 4.79 Å². The molecule has 0 bridgehead atoms. The molecule has 2 fully saturated rings. The average Bonchev–Trinajstić information content (AvgIpc) is 2.92. The summed E-state index contributed by atoms with van der Waals surface area (Å²) in [5.74, 6) is 2.73. The van der Waals surface area contributed by atoms with E-state index in [-0.39, 0.29) is 23.4 Å². The summed E-state index contributed by atoms with van der Waals surface area (Å²) in [6, 6.07) is 0.0879. The van der Waals surface area contributed by atoms with Crippen LogP contribution in [-0.2, 0) is 0 Å². The molecule has 1 atom stereocenters. The van der Waals surface area contributed by atoms with Crippen LogP contribution < -0.4 is 5.56 Å². The number of hydrogen-bond acceptors (Lipinski definition) is 5. The van der Waals surface area contributed by atoms with Crippen molar-refractivity contribution in [3.05, 3.63) is 21.7 Å². The molecule has 1 aromatic rings. The largest absolute Gasteiger partial charge is 0.493 e. The molecule has 0 spiro atoms. The summed E-state index contributed by atoms with van der Waals surface area (Å²) in [4.78, 5) is 21.7. The van der Waals surface area contributed by atoms with E-state index in [0.717, 1.165) is 43.7 Å². The first-order valence-electron chi connectivity index (χ1n) is 7.28. The van der Waals surface area contributed by atoms with Crippen LogP contribution in [0.1, 0.15) is 49.0 Å².